The van der Waals surface area contributed by atoms with Gasteiger partial charge in [0.05, 0.1) is 0 Å². The van der Waals surface area contributed by atoms with Crippen LogP contribution in [0.1, 0.15) is 43.2 Å². The highest BCUT2D eigenvalue weighted by Gasteiger charge is 2.13. The number of nitrogens with zero attached hydrogens (tertiary/aromatic N) is 1. The molecule has 1 heteroatoms. The number of hydrogen-bond acceptors (Lipinski definition) is 1. The predicted molar refractivity (Wildman–Crippen MR) is 109 cm³/mol. The van der Waals surface area contributed by atoms with Crippen LogP contribution in [-0.2, 0) is 6.54 Å². The van der Waals surface area contributed by atoms with Crippen molar-refractivity contribution < 1.29 is 0 Å². The van der Waals surface area contributed by atoms with Crippen LogP contribution in [0.4, 0.5) is 0 Å². The lowest BCUT2D eigenvalue weighted by molar-refractivity contribution is 0.324. The van der Waals surface area contributed by atoms with Gasteiger partial charge in [-0.3, -0.25) is 4.90 Å². The first-order chi connectivity index (χ1) is 12.8. The zero-order valence-corrected chi connectivity index (χ0v) is 15.6. The Morgan fingerprint density at radius 2 is 1.54 bits per heavy atom. The van der Waals surface area contributed by atoms with E-state index in [-0.39, 0.29) is 6.04 Å². The summed E-state index contributed by atoms with van der Waals surface area (Å²) in [4.78, 5) is 2.25. The van der Waals surface area contributed by atoms with Crippen molar-refractivity contribution in [1.82, 2.24) is 4.90 Å². The molecule has 0 amide bonds. The van der Waals surface area contributed by atoms with E-state index in [1.165, 1.54) is 37.7 Å². The van der Waals surface area contributed by atoms with Crippen LogP contribution in [0.2, 0.25) is 0 Å². The normalized spacial score (nSPS) is 15.5. The van der Waals surface area contributed by atoms with E-state index in [1.807, 2.05) is 18.2 Å². The Hall–Kier alpha value is -2.48. The Labute approximate surface area is 158 Å². The Morgan fingerprint density at radius 1 is 0.885 bits per heavy atom. The Morgan fingerprint density at radius 3 is 2.23 bits per heavy atom. The fraction of sp³-hybridized carbons (Fsp3) is 0.360. The van der Waals surface area contributed by atoms with E-state index in [2.05, 4.69) is 78.1 Å². The SMILES string of the molecule is CN(Cc1ccccc1)C(C#Cc1ccccc1)C#CC1CCCCC1. The summed E-state index contributed by atoms with van der Waals surface area (Å²) >= 11 is 0. The van der Waals surface area contributed by atoms with Crippen molar-refractivity contribution in [1.29, 1.82) is 0 Å². The molecule has 0 saturated heterocycles. The molecule has 1 unspecified atom stereocenters. The first-order valence-corrected chi connectivity index (χ1v) is 9.63. The van der Waals surface area contributed by atoms with E-state index in [0.29, 0.717) is 5.92 Å². The molecule has 0 aromatic heterocycles. The van der Waals surface area contributed by atoms with E-state index in [9.17, 15) is 0 Å². The molecule has 0 spiro atoms. The van der Waals surface area contributed by atoms with Gasteiger partial charge in [0.1, 0.15) is 6.04 Å². The van der Waals surface area contributed by atoms with Gasteiger partial charge in [-0.15, -0.1) is 0 Å². The van der Waals surface area contributed by atoms with Crippen LogP contribution in [0.3, 0.4) is 0 Å². The van der Waals surface area contributed by atoms with Crippen molar-refractivity contribution in [3.05, 3.63) is 71.8 Å². The zero-order valence-electron chi connectivity index (χ0n) is 15.6. The molecule has 0 heterocycles. The van der Waals surface area contributed by atoms with Gasteiger partial charge in [-0.2, -0.15) is 0 Å². The molecule has 0 bridgehead atoms. The second-order valence-electron chi connectivity index (χ2n) is 7.06. The molecule has 2 aromatic rings. The molecule has 0 N–H and O–H groups in total. The number of hydrogen-bond donors (Lipinski definition) is 0. The van der Waals surface area contributed by atoms with Gasteiger partial charge in [-0.25, -0.2) is 0 Å². The molecule has 1 fully saturated rings. The monoisotopic (exact) mass is 341 g/mol. The molecule has 1 atom stereocenters. The summed E-state index contributed by atoms with van der Waals surface area (Å²) in [6.07, 6.45) is 6.49. The standard InChI is InChI=1S/C25H27N/c1-26(21-24-15-9-4-10-16-24)25(19-17-22-11-5-2-6-12-22)20-18-23-13-7-3-8-14-23/h2,4-6,9-12,15-16,23,25H,3,7-8,13-14,21H2,1H3. The van der Waals surface area contributed by atoms with Crippen molar-refractivity contribution >= 4 is 0 Å². The average molecular weight is 341 g/mol. The van der Waals surface area contributed by atoms with E-state index in [0.717, 1.165) is 12.1 Å². The lowest BCUT2D eigenvalue weighted by atomic mass is 9.89. The minimum Gasteiger partial charge on any atom is -0.279 e. The molecule has 2 aromatic carbocycles. The highest BCUT2D eigenvalue weighted by molar-refractivity contribution is 5.37. The lowest BCUT2D eigenvalue weighted by Crippen LogP contribution is -2.29. The molecule has 1 aliphatic rings. The summed E-state index contributed by atoms with van der Waals surface area (Å²) in [7, 11) is 2.12. The van der Waals surface area contributed by atoms with Crippen LogP contribution in [-0.4, -0.2) is 18.0 Å². The molecule has 1 saturated carbocycles. The Balaban J connectivity index is 1.76. The predicted octanol–water partition coefficient (Wildman–Crippen LogP) is 5.12. The maximum atomic E-state index is 3.53. The molecular formula is C25H27N. The minimum absolute atomic E-state index is 0.0441. The highest BCUT2D eigenvalue weighted by atomic mass is 15.1. The van der Waals surface area contributed by atoms with Gasteiger partial charge in [0.2, 0.25) is 0 Å². The first-order valence-electron chi connectivity index (χ1n) is 9.63. The lowest BCUT2D eigenvalue weighted by Gasteiger charge is -2.21. The smallest absolute Gasteiger partial charge is 0.134 e. The van der Waals surface area contributed by atoms with Gasteiger partial charge >= 0.3 is 0 Å². The van der Waals surface area contributed by atoms with Crippen LogP contribution in [0, 0.1) is 29.6 Å². The van der Waals surface area contributed by atoms with Crippen molar-refractivity contribution in [2.24, 2.45) is 5.92 Å². The highest BCUT2D eigenvalue weighted by Crippen LogP contribution is 2.22. The van der Waals surface area contributed by atoms with Gasteiger partial charge in [0.15, 0.2) is 0 Å². The topological polar surface area (TPSA) is 3.24 Å². The molecule has 1 nitrogen and oxygen atoms in total. The molecule has 0 radical (unpaired) electrons. The molecule has 132 valence electrons. The summed E-state index contributed by atoms with van der Waals surface area (Å²) in [6.45, 7) is 0.855. The molecule has 26 heavy (non-hydrogen) atoms. The van der Waals surface area contributed by atoms with Gasteiger partial charge in [0, 0.05) is 18.0 Å². The Kier molecular flexibility index (Phi) is 6.95. The maximum absolute atomic E-state index is 3.53. The van der Waals surface area contributed by atoms with Crippen molar-refractivity contribution in [3.8, 4) is 23.7 Å². The van der Waals surface area contributed by atoms with Crippen LogP contribution < -0.4 is 0 Å². The zero-order chi connectivity index (χ0) is 18.0. The van der Waals surface area contributed by atoms with Crippen LogP contribution in [0.25, 0.3) is 0 Å². The van der Waals surface area contributed by atoms with Gasteiger partial charge in [-0.05, 0) is 37.6 Å². The second-order valence-corrected chi connectivity index (χ2v) is 7.06. The summed E-state index contributed by atoms with van der Waals surface area (Å²) in [5.74, 6) is 14.3. The van der Waals surface area contributed by atoms with Gasteiger partial charge < -0.3 is 0 Å². The quantitative estimate of drug-likeness (QED) is 0.700. The fourth-order valence-electron chi connectivity index (χ4n) is 3.34. The summed E-state index contributed by atoms with van der Waals surface area (Å²) in [5.41, 5.74) is 2.34. The van der Waals surface area contributed by atoms with Crippen LogP contribution >= 0.6 is 0 Å². The van der Waals surface area contributed by atoms with Crippen molar-refractivity contribution in [2.45, 2.75) is 44.7 Å². The third-order valence-electron chi connectivity index (χ3n) is 4.87. The molecular weight excluding hydrogens is 314 g/mol. The van der Waals surface area contributed by atoms with E-state index in [4.69, 9.17) is 0 Å². The van der Waals surface area contributed by atoms with E-state index >= 15 is 0 Å². The summed E-state index contributed by atoms with van der Waals surface area (Å²) in [5, 5.41) is 0. The minimum atomic E-state index is -0.0441. The summed E-state index contributed by atoms with van der Waals surface area (Å²) < 4.78 is 0. The first kappa shape index (κ1) is 18.3. The largest absolute Gasteiger partial charge is 0.279 e. The van der Waals surface area contributed by atoms with Crippen LogP contribution in [0.15, 0.2) is 60.7 Å². The average Bonchev–Trinajstić information content (AvgIpc) is 2.70. The number of rotatable bonds is 3. The Bertz CT molecular complexity index is 780. The van der Waals surface area contributed by atoms with Gasteiger partial charge in [-0.1, -0.05) is 91.5 Å². The summed E-state index contributed by atoms with van der Waals surface area (Å²) in [6, 6.07) is 20.7. The van der Waals surface area contributed by atoms with Crippen molar-refractivity contribution in [2.75, 3.05) is 7.05 Å². The fourth-order valence-corrected chi connectivity index (χ4v) is 3.34. The van der Waals surface area contributed by atoms with Crippen molar-refractivity contribution in [3.63, 3.8) is 0 Å². The van der Waals surface area contributed by atoms with E-state index in [1.54, 1.807) is 0 Å². The molecule has 3 rings (SSSR count). The molecule has 1 aliphatic carbocycles. The third kappa shape index (κ3) is 5.80. The van der Waals surface area contributed by atoms with Gasteiger partial charge in [0.25, 0.3) is 0 Å². The molecule has 0 aliphatic heterocycles. The van der Waals surface area contributed by atoms with Crippen LogP contribution in [0.5, 0.6) is 0 Å². The number of benzene rings is 2. The third-order valence-corrected chi connectivity index (χ3v) is 4.87. The second kappa shape index (κ2) is 9.86. The van der Waals surface area contributed by atoms with E-state index < -0.39 is 0 Å². The maximum Gasteiger partial charge on any atom is 0.134 e.